The van der Waals surface area contributed by atoms with Gasteiger partial charge < -0.3 is 19.4 Å². The van der Waals surface area contributed by atoms with Gasteiger partial charge in [0.15, 0.2) is 0 Å². The van der Waals surface area contributed by atoms with Crippen LogP contribution in [-0.2, 0) is 28.7 Å². The van der Waals surface area contributed by atoms with Crippen LogP contribution in [0.15, 0.2) is 10.2 Å². The zero-order valence-electron chi connectivity index (χ0n) is 12.1. The molecule has 3 aliphatic heterocycles. The van der Waals surface area contributed by atoms with Crippen molar-refractivity contribution in [1.82, 2.24) is 5.06 Å². The van der Waals surface area contributed by atoms with Gasteiger partial charge in [0.05, 0.1) is 19.1 Å². The lowest BCUT2D eigenvalue weighted by Gasteiger charge is -2.36. The average Bonchev–Trinajstić information content (AvgIpc) is 3.21. The Morgan fingerprint density at radius 1 is 1.43 bits per heavy atom. The van der Waals surface area contributed by atoms with Crippen LogP contribution in [0.5, 0.6) is 0 Å². The Hall–Kier alpha value is -1.04. The van der Waals surface area contributed by atoms with Crippen LogP contribution in [0.25, 0.3) is 0 Å². The first-order chi connectivity index (χ1) is 10.9. The average molecular weight is 437 g/mol. The van der Waals surface area contributed by atoms with Gasteiger partial charge in [0, 0.05) is 19.3 Å². The van der Waals surface area contributed by atoms with E-state index in [1.165, 1.54) is 0 Å². The SMILES string of the molecule is O=C(C[C@@H]1C[C@@]2(CO2)[C@H](O)[C@@H](/C=C/I)O1)ON1C(=O)CCC1=O. The Labute approximate surface area is 145 Å². The molecule has 0 aromatic carbocycles. The molecule has 2 amide bonds. The number of hydroxylamine groups is 2. The van der Waals surface area contributed by atoms with E-state index in [1.54, 1.807) is 10.2 Å². The van der Waals surface area contributed by atoms with Crippen molar-refractivity contribution in [1.29, 1.82) is 0 Å². The maximum atomic E-state index is 12.0. The van der Waals surface area contributed by atoms with Gasteiger partial charge in [-0.15, -0.1) is 5.06 Å². The van der Waals surface area contributed by atoms with Crippen LogP contribution in [0.1, 0.15) is 25.7 Å². The normalized spacial score (nSPS) is 37.0. The number of halogens is 1. The fourth-order valence-corrected chi connectivity index (χ4v) is 3.27. The summed E-state index contributed by atoms with van der Waals surface area (Å²) in [6.45, 7) is 0.414. The monoisotopic (exact) mass is 437 g/mol. The Morgan fingerprint density at radius 2 is 2.09 bits per heavy atom. The van der Waals surface area contributed by atoms with Crippen LogP contribution in [0, 0.1) is 0 Å². The molecule has 0 radical (unpaired) electrons. The molecule has 0 bridgehead atoms. The van der Waals surface area contributed by atoms with Crippen molar-refractivity contribution in [2.24, 2.45) is 0 Å². The largest absolute Gasteiger partial charge is 0.387 e. The van der Waals surface area contributed by atoms with Gasteiger partial charge in [-0.1, -0.05) is 22.6 Å². The minimum atomic E-state index is -0.789. The lowest BCUT2D eigenvalue weighted by molar-refractivity contribution is -0.202. The van der Waals surface area contributed by atoms with E-state index in [-0.39, 0.29) is 19.3 Å². The summed E-state index contributed by atoms with van der Waals surface area (Å²) in [7, 11) is 0. The summed E-state index contributed by atoms with van der Waals surface area (Å²) in [6.07, 6.45) is 0.157. The van der Waals surface area contributed by atoms with E-state index >= 15 is 0 Å². The van der Waals surface area contributed by atoms with Crippen LogP contribution < -0.4 is 0 Å². The maximum absolute atomic E-state index is 12.0. The molecule has 0 unspecified atom stereocenters. The quantitative estimate of drug-likeness (QED) is 0.381. The first kappa shape index (κ1) is 16.8. The number of epoxide rings is 1. The van der Waals surface area contributed by atoms with Crippen molar-refractivity contribution in [3.8, 4) is 0 Å². The van der Waals surface area contributed by atoms with E-state index < -0.39 is 41.7 Å². The van der Waals surface area contributed by atoms with Gasteiger partial charge in [0.25, 0.3) is 11.8 Å². The summed E-state index contributed by atoms with van der Waals surface area (Å²) in [5, 5.41) is 10.7. The van der Waals surface area contributed by atoms with Gasteiger partial charge >= 0.3 is 5.97 Å². The molecule has 3 saturated heterocycles. The number of aliphatic hydroxyl groups excluding tert-OH is 1. The topological polar surface area (TPSA) is 106 Å². The number of nitrogens with zero attached hydrogens (tertiary/aromatic N) is 1. The van der Waals surface area contributed by atoms with Crippen LogP contribution >= 0.6 is 22.6 Å². The summed E-state index contributed by atoms with van der Waals surface area (Å²) in [6, 6.07) is 0. The highest BCUT2D eigenvalue weighted by molar-refractivity contribution is 14.1. The molecule has 23 heavy (non-hydrogen) atoms. The second kappa shape index (κ2) is 6.46. The molecule has 0 aromatic rings. The number of aliphatic hydroxyl groups is 1. The molecule has 3 aliphatic rings. The molecule has 3 rings (SSSR count). The Kier molecular flexibility index (Phi) is 4.72. The second-order valence-corrected chi connectivity index (χ2v) is 6.51. The number of imide groups is 1. The minimum absolute atomic E-state index is 0.0533. The molecule has 3 fully saturated rings. The van der Waals surface area contributed by atoms with Gasteiger partial charge in [-0.2, -0.15) is 0 Å². The van der Waals surface area contributed by atoms with Crippen LogP contribution in [0.3, 0.4) is 0 Å². The third-order valence-corrected chi connectivity index (χ3v) is 4.56. The van der Waals surface area contributed by atoms with Gasteiger partial charge in [-0.25, -0.2) is 4.79 Å². The molecule has 9 heteroatoms. The summed E-state index contributed by atoms with van der Waals surface area (Å²) in [4.78, 5) is 39.7. The van der Waals surface area contributed by atoms with Crippen LogP contribution in [-0.4, -0.2) is 58.5 Å². The number of hydrogen-bond donors (Lipinski definition) is 1. The Morgan fingerprint density at radius 3 is 2.65 bits per heavy atom. The number of amides is 2. The van der Waals surface area contributed by atoms with E-state index in [0.717, 1.165) is 0 Å². The Bertz CT molecular complexity index is 543. The van der Waals surface area contributed by atoms with E-state index in [4.69, 9.17) is 14.3 Å². The first-order valence-electron chi connectivity index (χ1n) is 7.26. The number of carbonyl (C=O) groups excluding carboxylic acids is 3. The van der Waals surface area contributed by atoms with Crippen LogP contribution in [0.4, 0.5) is 0 Å². The number of ether oxygens (including phenoxy) is 2. The molecule has 4 atom stereocenters. The van der Waals surface area contributed by atoms with Crippen molar-refractivity contribution >= 4 is 40.4 Å². The predicted octanol–water partition coefficient (Wildman–Crippen LogP) is 0.220. The highest BCUT2D eigenvalue weighted by Gasteiger charge is 2.58. The molecule has 0 aromatic heterocycles. The van der Waals surface area contributed by atoms with Crippen molar-refractivity contribution in [3.05, 3.63) is 10.2 Å². The van der Waals surface area contributed by atoms with Gasteiger partial charge in [-0.3, -0.25) is 9.59 Å². The summed E-state index contributed by atoms with van der Waals surface area (Å²) >= 11 is 2.02. The second-order valence-electron chi connectivity index (χ2n) is 5.79. The molecule has 126 valence electrons. The smallest absolute Gasteiger partial charge is 0.335 e. The zero-order valence-corrected chi connectivity index (χ0v) is 14.3. The first-order valence-corrected chi connectivity index (χ1v) is 8.51. The van der Waals surface area contributed by atoms with E-state index in [0.29, 0.717) is 18.1 Å². The minimum Gasteiger partial charge on any atom is -0.387 e. The number of carbonyl (C=O) groups is 3. The molecule has 1 spiro atoms. The van der Waals surface area contributed by atoms with Gasteiger partial charge in [-0.05, 0) is 10.2 Å². The van der Waals surface area contributed by atoms with Crippen molar-refractivity contribution < 1.29 is 33.8 Å². The lowest BCUT2D eigenvalue weighted by atomic mass is 9.88. The van der Waals surface area contributed by atoms with Crippen molar-refractivity contribution in [2.45, 2.75) is 49.6 Å². The highest BCUT2D eigenvalue weighted by atomic mass is 127. The van der Waals surface area contributed by atoms with Crippen molar-refractivity contribution in [3.63, 3.8) is 0 Å². The zero-order chi connectivity index (χ0) is 16.6. The third kappa shape index (κ3) is 3.42. The third-order valence-electron chi connectivity index (χ3n) is 4.14. The molecule has 0 saturated carbocycles. The standard InChI is InChI=1S/C14H16INO7/c15-4-3-9-13(20)14(7-21-14)6-8(22-9)5-12(19)23-16-10(17)1-2-11(16)18/h3-4,8-9,13,20H,1-2,5-7H2/b4-3+/t8-,9-,13-,14-/m1/s1. The molecule has 3 heterocycles. The number of hydrogen-bond acceptors (Lipinski definition) is 7. The van der Waals surface area contributed by atoms with Crippen LogP contribution in [0.2, 0.25) is 0 Å². The lowest BCUT2D eigenvalue weighted by Crippen LogP contribution is -2.50. The molecular weight excluding hydrogens is 421 g/mol. The molecule has 8 nitrogen and oxygen atoms in total. The van der Waals surface area contributed by atoms with E-state index in [1.807, 2.05) is 22.6 Å². The van der Waals surface area contributed by atoms with Gasteiger partial charge in [0.1, 0.15) is 17.8 Å². The van der Waals surface area contributed by atoms with Gasteiger partial charge in [0.2, 0.25) is 0 Å². The molecule has 0 aliphatic carbocycles. The molecular formula is C14H16INO7. The van der Waals surface area contributed by atoms with E-state index in [2.05, 4.69) is 0 Å². The fourth-order valence-electron chi connectivity index (χ4n) is 2.86. The highest BCUT2D eigenvalue weighted by Crippen LogP contribution is 2.43. The predicted molar refractivity (Wildman–Crippen MR) is 82.9 cm³/mol. The van der Waals surface area contributed by atoms with Crippen molar-refractivity contribution in [2.75, 3.05) is 6.61 Å². The Balaban J connectivity index is 1.60. The van der Waals surface area contributed by atoms with E-state index in [9.17, 15) is 19.5 Å². The summed E-state index contributed by atoms with van der Waals surface area (Å²) in [5.74, 6) is -1.75. The number of rotatable bonds is 4. The summed E-state index contributed by atoms with van der Waals surface area (Å²) < 4.78 is 12.8. The summed E-state index contributed by atoms with van der Waals surface area (Å²) in [5.41, 5.74) is -0.677. The molecule has 1 N–H and O–H groups in total. The maximum Gasteiger partial charge on any atom is 0.335 e. The fraction of sp³-hybridized carbons (Fsp3) is 0.643.